The maximum absolute atomic E-state index is 11.7. The Hall–Kier alpha value is -4.00. The van der Waals surface area contributed by atoms with Gasteiger partial charge in [0, 0.05) is 31.5 Å². The number of halogens is 2. The molecule has 196 valence electrons. The van der Waals surface area contributed by atoms with E-state index < -0.39 is 0 Å². The summed E-state index contributed by atoms with van der Waals surface area (Å²) in [4.78, 5) is 41.6. The zero-order valence-electron chi connectivity index (χ0n) is 20.0. The van der Waals surface area contributed by atoms with Gasteiger partial charge < -0.3 is 10.6 Å². The second-order valence-electron chi connectivity index (χ2n) is 7.31. The van der Waals surface area contributed by atoms with Crippen LogP contribution >= 0.6 is 35.0 Å². The summed E-state index contributed by atoms with van der Waals surface area (Å²) in [7, 11) is 0. The molecule has 0 saturated heterocycles. The average molecular weight is 573 g/mol. The van der Waals surface area contributed by atoms with Crippen molar-refractivity contribution in [1.29, 1.82) is 0 Å². The molecule has 0 aromatic carbocycles. The largest absolute Gasteiger partial charge is 0.322 e. The van der Waals surface area contributed by atoms with E-state index in [1.54, 1.807) is 49.3 Å². The molecule has 0 unspecified atom stereocenters. The van der Waals surface area contributed by atoms with Crippen LogP contribution in [-0.2, 0) is 14.4 Å². The van der Waals surface area contributed by atoms with E-state index in [2.05, 4.69) is 37.4 Å². The Kier molecular flexibility index (Phi) is 10.6. The van der Waals surface area contributed by atoms with E-state index in [0.29, 0.717) is 17.1 Å². The maximum atomic E-state index is 11.7. The smallest absolute Gasteiger partial charge is 0.247 e. The molecule has 0 aliphatic heterocycles. The number of thioether (sulfide) groups is 1. The van der Waals surface area contributed by atoms with Crippen molar-refractivity contribution in [2.24, 2.45) is 0 Å². The van der Waals surface area contributed by atoms with Crippen LogP contribution in [0.3, 0.4) is 0 Å². The van der Waals surface area contributed by atoms with E-state index in [-0.39, 0.29) is 33.7 Å². The summed E-state index contributed by atoms with van der Waals surface area (Å²) in [6.45, 7) is 4.83. The van der Waals surface area contributed by atoms with Crippen molar-refractivity contribution in [2.45, 2.75) is 13.3 Å². The predicted octanol–water partition coefficient (Wildman–Crippen LogP) is 4.57. The Morgan fingerprint density at radius 3 is 1.92 bits per heavy atom. The molecule has 0 aliphatic carbocycles. The third-order valence-electron chi connectivity index (χ3n) is 4.51. The van der Waals surface area contributed by atoms with Gasteiger partial charge in [0.1, 0.15) is 0 Å². The number of amides is 2. The molecule has 4 aromatic heterocycles. The van der Waals surface area contributed by atoms with Gasteiger partial charge in [-0.15, -0.1) is 0 Å². The summed E-state index contributed by atoms with van der Waals surface area (Å²) in [5.41, 5.74) is 2.36. The van der Waals surface area contributed by atoms with E-state index >= 15 is 0 Å². The molecule has 0 fully saturated rings. The molecule has 11 nitrogen and oxygen atoms in total. The van der Waals surface area contributed by atoms with Crippen LogP contribution in [0.25, 0.3) is 11.4 Å². The molecule has 0 aliphatic rings. The molecule has 4 aromatic rings. The van der Waals surface area contributed by atoms with Gasteiger partial charge in [-0.2, -0.15) is 10.2 Å². The quantitative estimate of drug-likeness (QED) is 0.293. The molecule has 0 spiro atoms. The predicted molar refractivity (Wildman–Crippen MR) is 148 cm³/mol. The number of hydrogen-bond acceptors (Lipinski definition) is 8. The van der Waals surface area contributed by atoms with Crippen LogP contribution in [-0.4, -0.2) is 52.2 Å². The number of pyridine rings is 2. The van der Waals surface area contributed by atoms with Gasteiger partial charge in [-0.25, -0.2) is 9.36 Å². The van der Waals surface area contributed by atoms with Crippen LogP contribution in [0.2, 0.25) is 10.3 Å². The Balaban J connectivity index is 0.000000215. The van der Waals surface area contributed by atoms with Crippen LogP contribution < -0.4 is 10.6 Å². The van der Waals surface area contributed by atoms with Crippen molar-refractivity contribution in [3.8, 4) is 11.4 Å². The Bertz CT molecular complexity index is 1410. The normalized spacial score (nSPS) is 10.2. The number of hydrogen-bond donors (Lipinski definition) is 2. The second-order valence-corrected chi connectivity index (χ2v) is 9.30. The van der Waals surface area contributed by atoms with Gasteiger partial charge in [-0.1, -0.05) is 41.5 Å². The molecule has 4 rings (SSSR count). The van der Waals surface area contributed by atoms with Crippen LogP contribution in [0, 0.1) is 0 Å². The first kappa shape index (κ1) is 28.6. The lowest BCUT2D eigenvalue weighted by atomic mass is 10.4. The number of anilines is 2. The highest BCUT2D eigenvalue weighted by Crippen LogP contribution is 2.22. The first-order valence-electron chi connectivity index (χ1n) is 10.9. The highest BCUT2D eigenvalue weighted by atomic mass is 35.5. The van der Waals surface area contributed by atoms with E-state index in [4.69, 9.17) is 23.2 Å². The monoisotopic (exact) mass is 572 g/mol. The van der Waals surface area contributed by atoms with Crippen molar-refractivity contribution in [1.82, 2.24) is 29.5 Å². The molecular formula is C24H22Cl2N8O3S. The van der Waals surface area contributed by atoms with Gasteiger partial charge in [-0.05, 0) is 30.3 Å². The van der Waals surface area contributed by atoms with Gasteiger partial charge >= 0.3 is 0 Å². The summed E-state index contributed by atoms with van der Waals surface area (Å²) in [6.07, 6.45) is 11.2. The lowest BCUT2D eigenvalue weighted by molar-refractivity contribution is -0.116. The van der Waals surface area contributed by atoms with Gasteiger partial charge in [0.25, 0.3) is 0 Å². The molecule has 14 heteroatoms. The molecule has 0 saturated carbocycles. The van der Waals surface area contributed by atoms with Gasteiger partial charge in [-0.3, -0.25) is 24.4 Å². The molecule has 4 heterocycles. The summed E-state index contributed by atoms with van der Waals surface area (Å²) in [6, 6.07) is 7.22. The third-order valence-corrected chi connectivity index (χ3v) is 5.88. The fourth-order valence-corrected chi connectivity index (χ4v) is 3.73. The minimum Gasteiger partial charge on any atom is -0.322 e. The number of aromatic nitrogens is 6. The maximum Gasteiger partial charge on any atom is 0.247 e. The molecule has 38 heavy (non-hydrogen) atoms. The lowest BCUT2D eigenvalue weighted by Crippen LogP contribution is -2.12. The van der Waals surface area contributed by atoms with E-state index in [9.17, 15) is 14.4 Å². The van der Waals surface area contributed by atoms with Crippen molar-refractivity contribution in [2.75, 3.05) is 16.4 Å². The number of nitrogens with zero attached hydrogens (tertiary/aromatic N) is 6. The molecule has 0 radical (unpaired) electrons. The van der Waals surface area contributed by atoms with Crippen molar-refractivity contribution in [3.63, 3.8) is 0 Å². The lowest BCUT2D eigenvalue weighted by Gasteiger charge is -2.01. The summed E-state index contributed by atoms with van der Waals surface area (Å²) in [5.74, 6) is -0.107. The highest BCUT2D eigenvalue weighted by Gasteiger charge is 2.12. The first-order chi connectivity index (χ1) is 18.3. The van der Waals surface area contributed by atoms with Crippen molar-refractivity contribution in [3.05, 3.63) is 84.4 Å². The second kappa shape index (κ2) is 14.1. The number of carbonyl (C=O) groups excluding carboxylic acids is 3. The fraction of sp³-hybridized carbons (Fsp3) is 0.125. The summed E-state index contributed by atoms with van der Waals surface area (Å²) >= 11 is 13.0. The Labute approximate surface area is 232 Å². The average Bonchev–Trinajstić information content (AvgIpc) is 3.47. The SMILES string of the molecule is C=CC(=O)Nc1cn(-c2cccnc2)nc1Cl.CC(=O)SCCC(=O)Nc1cn(-c2cccnc2)nc1Cl. The van der Waals surface area contributed by atoms with E-state index in [1.165, 1.54) is 16.3 Å². The standard InChI is InChI=1S/C13H13ClN4O2S.C11H9ClN4O/c1-9(19)21-6-4-12(20)16-11-8-18(17-13(11)14)10-3-2-5-15-7-10;1-2-10(17)14-9-7-16(15-11(9)12)8-4-3-5-13-6-8/h2-3,5,7-8H,4,6H2,1H3,(H,16,20);2-7H,1H2,(H,14,17). The molecule has 0 atom stereocenters. The first-order valence-corrected chi connectivity index (χ1v) is 12.7. The molecule has 0 bridgehead atoms. The number of carbonyl (C=O) groups is 3. The molecule has 2 N–H and O–H groups in total. The topological polar surface area (TPSA) is 137 Å². The van der Waals surface area contributed by atoms with Crippen LogP contribution in [0.15, 0.2) is 74.1 Å². The van der Waals surface area contributed by atoms with Gasteiger partial charge in [0.05, 0.1) is 47.5 Å². The van der Waals surface area contributed by atoms with E-state index in [1.807, 2.05) is 12.1 Å². The van der Waals surface area contributed by atoms with Crippen LogP contribution in [0.4, 0.5) is 11.4 Å². The fourth-order valence-electron chi connectivity index (χ4n) is 2.80. The molecular weight excluding hydrogens is 551 g/mol. The van der Waals surface area contributed by atoms with Crippen molar-refractivity contribution >= 4 is 63.3 Å². The van der Waals surface area contributed by atoms with Crippen LogP contribution in [0.1, 0.15) is 13.3 Å². The summed E-state index contributed by atoms with van der Waals surface area (Å²) < 4.78 is 3.07. The highest BCUT2D eigenvalue weighted by molar-refractivity contribution is 8.13. The number of rotatable bonds is 8. The zero-order chi connectivity index (χ0) is 27.5. The van der Waals surface area contributed by atoms with Gasteiger partial charge in [0.2, 0.25) is 11.8 Å². The van der Waals surface area contributed by atoms with Crippen molar-refractivity contribution < 1.29 is 14.4 Å². The van der Waals surface area contributed by atoms with Gasteiger partial charge in [0.15, 0.2) is 15.4 Å². The minimum atomic E-state index is -0.336. The number of nitrogens with one attached hydrogen (secondary N) is 2. The Morgan fingerprint density at radius 2 is 1.47 bits per heavy atom. The zero-order valence-corrected chi connectivity index (χ0v) is 22.4. The minimum absolute atomic E-state index is 0.00905. The van der Waals surface area contributed by atoms with Crippen LogP contribution in [0.5, 0.6) is 0 Å². The Morgan fingerprint density at radius 1 is 0.947 bits per heavy atom. The third kappa shape index (κ3) is 8.54. The molecule has 2 amide bonds. The van der Waals surface area contributed by atoms with E-state index in [0.717, 1.165) is 29.2 Å². The summed E-state index contributed by atoms with van der Waals surface area (Å²) in [5, 5.41) is 13.8.